The second-order valence-corrected chi connectivity index (χ2v) is 18.8. The first-order valence-electron chi connectivity index (χ1n) is 18.6. The quantitative estimate of drug-likeness (QED) is 0.199. The molecule has 0 bridgehead atoms. The Labute approximate surface area is 278 Å². The summed E-state index contributed by atoms with van der Waals surface area (Å²) < 4.78 is 0. The van der Waals surface area contributed by atoms with Gasteiger partial charge in [0, 0.05) is 38.1 Å². The van der Waals surface area contributed by atoms with E-state index in [9.17, 15) is 19.5 Å². The van der Waals surface area contributed by atoms with Crippen LogP contribution >= 0.6 is 0 Å². The van der Waals surface area contributed by atoms with E-state index in [-0.39, 0.29) is 45.2 Å². The number of carboxylic acids is 1. The summed E-state index contributed by atoms with van der Waals surface area (Å²) in [6.07, 6.45) is 11.3. The summed E-state index contributed by atoms with van der Waals surface area (Å²) in [5.41, 5.74) is 0.142. The van der Waals surface area contributed by atoms with Crippen LogP contribution in [0.4, 0.5) is 0 Å². The molecular formula is C39H63N3O4. The largest absolute Gasteiger partial charge is 0.481 e. The minimum Gasteiger partial charge on any atom is -0.481 e. The SMILES string of the molecule is CN1CCN(CCCNC(=O)C2CC3(C)C(CCC4(C)C3CC=C3C5CC(C)(C)CCC5(C(=O)O)CCC34C)C(C)(C)C2=O)CC1. The number of fused-ring (bicyclic) bond motifs is 7. The summed E-state index contributed by atoms with van der Waals surface area (Å²) in [5, 5.41) is 13.9. The molecule has 0 radical (unpaired) electrons. The van der Waals surface area contributed by atoms with Gasteiger partial charge in [-0.05, 0) is 117 Å². The highest BCUT2D eigenvalue weighted by molar-refractivity contribution is 6.04. The summed E-state index contributed by atoms with van der Waals surface area (Å²) in [7, 11) is 2.17. The van der Waals surface area contributed by atoms with Crippen molar-refractivity contribution in [2.24, 2.45) is 56.2 Å². The van der Waals surface area contributed by atoms with Gasteiger partial charge in [-0.25, -0.2) is 0 Å². The van der Waals surface area contributed by atoms with E-state index in [1.807, 2.05) is 0 Å². The van der Waals surface area contributed by atoms with Crippen LogP contribution in [0, 0.1) is 56.2 Å². The Morgan fingerprint density at radius 2 is 1.59 bits per heavy atom. The third kappa shape index (κ3) is 5.06. The molecule has 0 aromatic heterocycles. The molecule has 6 aliphatic rings. The van der Waals surface area contributed by atoms with Gasteiger partial charge in [-0.2, -0.15) is 0 Å². The normalized spacial score (nSPS) is 43.7. The monoisotopic (exact) mass is 637 g/mol. The lowest BCUT2D eigenvalue weighted by Crippen LogP contribution is -2.66. The molecule has 0 aromatic rings. The lowest BCUT2D eigenvalue weighted by atomic mass is 9.33. The van der Waals surface area contributed by atoms with Crippen LogP contribution in [-0.4, -0.2) is 78.9 Å². The molecule has 0 spiro atoms. The predicted molar refractivity (Wildman–Crippen MR) is 182 cm³/mol. The van der Waals surface area contributed by atoms with Crippen LogP contribution in [0.5, 0.6) is 0 Å². The van der Waals surface area contributed by atoms with Gasteiger partial charge in [0.15, 0.2) is 5.78 Å². The minimum atomic E-state index is -0.641. The topological polar surface area (TPSA) is 89.9 Å². The Morgan fingerprint density at radius 3 is 2.26 bits per heavy atom. The Hall–Kier alpha value is -1.73. The first kappa shape index (κ1) is 34.1. The third-order valence-corrected chi connectivity index (χ3v) is 15.7. The number of carboxylic acid groups (broad SMARTS) is 1. The summed E-state index contributed by atoms with van der Waals surface area (Å²) >= 11 is 0. The van der Waals surface area contributed by atoms with Gasteiger partial charge in [0.05, 0.1) is 11.3 Å². The fourth-order valence-corrected chi connectivity index (χ4v) is 12.5. The Kier molecular flexibility index (Phi) is 8.48. The number of allylic oxidation sites excluding steroid dienone is 2. The number of ketones is 1. The van der Waals surface area contributed by atoms with Gasteiger partial charge < -0.3 is 20.2 Å². The van der Waals surface area contributed by atoms with Crippen LogP contribution in [-0.2, 0) is 14.4 Å². The zero-order valence-electron chi connectivity index (χ0n) is 30.3. The maximum atomic E-state index is 14.1. The molecule has 5 fully saturated rings. The van der Waals surface area contributed by atoms with Gasteiger partial charge in [-0.1, -0.05) is 60.1 Å². The van der Waals surface area contributed by atoms with Crippen LogP contribution in [0.1, 0.15) is 113 Å². The van der Waals surface area contributed by atoms with Crippen molar-refractivity contribution in [1.82, 2.24) is 15.1 Å². The molecule has 46 heavy (non-hydrogen) atoms. The molecule has 1 saturated heterocycles. The van der Waals surface area contributed by atoms with Crippen molar-refractivity contribution in [2.75, 3.05) is 46.3 Å². The molecular weight excluding hydrogens is 574 g/mol. The number of carbonyl (C=O) groups is 3. The van der Waals surface area contributed by atoms with Crippen molar-refractivity contribution in [1.29, 1.82) is 0 Å². The molecule has 8 unspecified atom stereocenters. The summed E-state index contributed by atoms with van der Waals surface area (Å²) in [5.74, 6) is -0.474. The van der Waals surface area contributed by atoms with Gasteiger partial charge in [-0.15, -0.1) is 0 Å². The number of aliphatic carboxylic acids is 1. The summed E-state index contributed by atoms with van der Waals surface area (Å²) in [4.78, 5) is 45.8. The molecule has 7 nitrogen and oxygen atoms in total. The number of Topliss-reactive ketones (excluding diaryl/α,β-unsaturated/α-hetero) is 1. The van der Waals surface area contributed by atoms with Crippen LogP contribution < -0.4 is 5.32 Å². The molecule has 7 heteroatoms. The van der Waals surface area contributed by atoms with Crippen molar-refractivity contribution in [2.45, 2.75) is 113 Å². The number of amides is 1. The molecule has 2 N–H and O–H groups in total. The molecule has 6 rings (SSSR count). The highest BCUT2D eigenvalue weighted by Gasteiger charge is 2.70. The Bertz CT molecular complexity index is 1280. The van der Waals surface area contributed by atoms with Gasteiger partial charge in [0.25, 0.3) is 0 Å². The van der Waals surface area contributed by atoms with Gasteiger partial charge in [-0.3, -0.25) is 14.4 Å². The van der Waals surface area contributed by atoms with Crippen LogP contribution in [0.2, 0.25) is 0 Å². The average Bonchev–Trinajstić information content (AvgIpc) is 2.98. The van der Waals surface area contributed by atoms with E-state index in [0.29, 0.717) is 18.9 Å². The van der Waals surface area contributed by atoms with Crippen molar-refractivity contribution in [3.63, 3.8) is 0 Å². The zero-order valence-corrected chi connectivity index (χ0v) is 30.3. The van der Waals surface area contributed by atoms with Crippen molar-refractivity contribution in [3.8, 4) is 0 Å². The molecule has 1 heterocycles. The number of piperazine rings is 1. The lowest BCUT2D eigenvalue weighted by Gasteiger charge is -2.70. The first-order chi connectivity index (χ1) is 21.4. The highest BCUT2D eigenvalue weighted by atomic mass is 16.4. The number of hydrogen-bond acceptors (Lipinski definition) is 5. The molecule has 4 saturated carbocycles. The van der Waals surface area contributed by atoms with Crippen molar-refractivity contribution < 1.29 is 19.5 Å². The third-order valence-electron chi connectivity index (χ3n) is 15.7. The highest BCUT2D eigenvalue weighted by Crippen LogP contribution is 2.75. The Balaban J connectivity index is 1.25. The molecule has 0 aromatic carbocycles. The van der Waals surface area contributed by atoms with E-state index < -0.39 is 22.7 Å². The fraction of sp³-hybridized carbons (Fsp3) is 0.872. The Morgan fingerprint density at radius 1 is 0.913 bits per heavy atom. The number of nitrogens with one attached hydrogen (secondary N) is 1. The summed E-state index contributed by atoms with van der Waals surface area (Å²) in [6.45, 7) is 22.2. The van der Waals surface area contributed by atoms with Crippen LogP contribution in [0.15, 0.2) is 11.6 Å². The van der Waals surface area contributed by atoms with E-state index in [1.165, 1.54) is 5.57 Å². The van der Waals surface area contributed by atoms with Crippen LogP contribution in [0.3, 0.4) is 0 Å². The average molecular weight is 638 g/mol. The minimum absolute atomic E-state index is 0.00537. The van der Waals surface area contributed by atoms with Gasteiger partial charge in [0.1, 0.15) is 0 Å². The summed E-state index contributed by atoms with van der Waals surface area (Å²) in [6, 6.07) is 0. The van der Waals surface area contributed by atoms with Crippen LogP contribution in [0.25, 0.3) is 0 Å². The lowest BCUT2D eigenvalue weighted by molar-refractivity contribution is -0.195. The standard InChI is InChI=1S/C39H63N3O4/c1-34(2)14-16-39(33(45)46)17-15-37(6)27(28(39)25-34)10-11-30-36(5)24-26(31(43)35(3,4)29(36)12-13-38(30,37)7)32(44)40-18-9-19-42-22-20-41(8)21-23-42/h10,26,28-30H,9,11-25H2,1-8H3,(H,40,44)(H,45,46). The maximum Gasteiger partial charge on any atom is 0.310 e. The number of carbonyl (C=O) groups excluding carboxylic acids is 2. The van der Waals surface area contributed by atoms with Crippen molar-refractivity contribution >= 4 is 17.7 Å². The number of hydrogen-bond donors (Lipinski definition) is 2. The molecule has 5 aliphatic carbocycles. The second kappa shape index (κ2) is 11.4. The second-order valence-electron chi connectivity index (χ2n) is 18.8. The number of nitrogens with zero attached hydrogens (tertiary/aromatic N) is 2. The molecule has 1 aliphatic heterocycles. The van der Waals surface area contributed by atoms with E-state index in [0.717, 1.165) is 90.5 Å². The van der Waals surface area contributed by atoms with Crippen molar-refractivity contribution in [3.05, 3.63) is 11.6 Å². The first-order valence-corrected chi connectivity index (χ1v) is 18.6. The number of rotatable bonds is 6. The zero-order chi connectivity index (χ0) is 33.5. The predicted octanol–water partition coefficient (Wildman–Crippen LogP) is 6.42. The molecule has 1 amide bonds. The smallest absolute Gasteiger partial charge is 0.310 e. The van der Waals surface area contributed by atoms with E-state index >= 15 is 0 Å². The van der Waals surface area contributed by atoms with Gasteiger partial charge in [0.2, 0.25) is 5.91 Å². The molecule has 258 valence electrons. The fourth-order valence-electron chi connectivity index (χ4n) is 12.5. The van der Waals surface area contributed by atoms with E-state index in [2.05, 4.69) is 76.7 Å². The van der Waals surface area contributed by atoms with E-state index in [1.54, 1.807) is 0 Å². The number of likely N-dealkylation sites (N-methyl/N-ethyl adjacent to an activating group) is 1. The van der Waals surface area contributed by atoms with Gasteiger partial charge >= 0.3 is 5.97 Å². The van der Waals surface area contributed by atoms with E-state index in [4.69, 9.17) is 0 Å². The maximum absolute atomic E-state index is 14.1. The molecule has 8 atom stereocenters.